The van der Waals surface area contributed by atoms with E-state index in [1.807, 2.05) is 0 Å². The third kappa shape index (κ3) is 1.25. The van der Waals surface area contributed by atoms with Gasteiger partial charge in [-0.3, -0.25) is 0 Å². The van der Waals surface area contributed by atoms with E-state index in [-0.39, 0.29) is 0 Å². The number of aromatic nitrogens is 3. The molecule has 0 radical (unpaired) electrons. The van der Waals surface area contributed by atoms with Crippen LogP contribution in [0.2, 0.25) is 0 Å². The van der Waals surface area contributed by atoms with Crippen LogP contribution in [0.5, 0.6) is 0 Å². The molecule has 0 saturated heterocycles. The van der Waals surface area contributed by atoms with Crippen LogP contribution in [0.15, 0.2) is 0 Å². The molecule has 2 aliphatic rings. The summed E-state index contributed by atoms with van der Waals surface area (Å²) in [6, 6.07) is 0.293. The average Bonchev–Trinajstić information content (AvgIpc) is 2.43. The van der Waals surface area contributed by atoms with E-state index in [1.54, 1.807) is 0 Å². The summed E-state index contributed by atoms with van der Waals surface area (Å²) >= 11 is 0. The molecule has 0 amide bonds. The molecule has 4 nitrogen and oxygen atoms in total. The molecular formula is C10H16N4. The molecule has 0 aromatic carbocycles. The molecule has 0 bridgehead atoms. The lowest BCUT2D eigenvalue weighted by molar-refractivity contribution is 0.394. The first-order chi connectivity index (χ1) is 6.83. The van der Waals surface area contributed by atoms with E-state index in [0.717, 1.165) is 31.0 Å². The second kappa shape index (κ2) is 3.05. The van der Waals surface area contributed by atoms with Crippen LogP contribution >= 0.6 is 0 Å². The number of aryl methyl sites for hydroxylation is 1. The van der Waals surface area contributed by atoms with Crippen LogP contribution in [-0.2, 0) is 13.0 Å². The minimum Gasteiger partial charge on any atom is -0.327 e. The highest BCUT2D eigenvalue weighted by atomic mass is 15.4. The summed E-state index contributed by atoms with van der Waals surface area (Å²) < 4.78 is 2.05. The minimum atomic E-state index is 0.293. The summed E-state index contributed by atoms with van der Waals surface area (Å²) in [5.41, 5.74) is 5.90. The fourth-order valence-corrected chi connectivity index (χ4v) is 2.19. The van der Waals surface area contributed by atoms with E-state index in [0.29, 0.717) is 12.0 Å². The molecule has 1 aliphatic carbocycles. The summed E-state index contributed by atoms with van der Waals surface area (Å²) in [5, 5.41) is 4.56. The van der Waals surface area contributed by atoms with Crippen LogP contribution in [0.4, 0.5) is 0 Å². The maximum Gasteiger partial charge on any atom is 0.154 e. The van der Waals surface area contributed by atoms with Crippen LogP contribution in [0.1, 0.15) is 43.3 Å². The molecule has 1 aromatic rings. The van der Waals surface area contributed by atoms with Gasteiger partial charge < -0.3 is 5.73 Å². The third-order valence-electron chi connectivity index (χ3n) is 3.39. The van der Waals surface area contributed by atoms with Crippen molar-refractivity contribution in [3.8, 4) is 0 Å². The summed E-state index contributed by atoms with van der Waals surface area (Å²) in [6.45, 7) is 0.955. The van der Waals surface area contributed by atoms with Crippen LogP contribution in [0.25, 0.3) is 0 Å². The van der Waals surface area contributed by atoms with Crippen LogP contribution in [0.3, 0.4) is 0 Å². The van der Waals surface area contributed by atoms with Crippen molar-refractivity contribution >= 4 is 0 Å². The second-order valence-electron chi connectivity index (χ2n) is 4.49. The van der Waals surface area contributed by atoms with Crippen LogP contribution in [0, 0.1) is 0 Å². The Morgan fingerprint density at radius 3 is 2.86 bits per heavy atom. The predicted octanol–water partition coefficient (Wildman–Crippen LogP) is 0.819. The molecule has 1 aliphatic heterocycles. The van der Waals surface area contributed by atoms with Gasteiger partial charge in [0.25, 0.3) is 0 Å². The fraction of sp³-hybridized carbons (Fsp3) is 0.800. The van der Waals surface area contributed by atoms with Crippen molar-refractivity contribution in [2.45, 2.75) is 50.6 Å². The highest BCUT2D eigenvalue weighted by molar-refractivity contribution is 5.05. The first kappa shape index (κ1) is 8.41. The van der Waals surface area contributed by atoms with Crippen LogP contribution in [-0.4, -0.2) is 20.8 Å². The zero-order valence-electron chi connectivity index (χ0n) is 8.32. The van der Waals surface area contributed by atoms with Gasteiger partial charge >= 0.3 is 0 Å². The normalized spacial score (nSPS) is 27.1. The monoisotopic (exact) mass is 192 g/mol. The molecule has 2 heterocycles. The van der Waals surface area contributed by atoms with E-state index < -0.39 is 0 Å². The molecule has 1 unspecified atom stereocenters. The van der Waals surface area contributed by atoms with Crippen molar-refractivity contribution in [1.29, 1.82) is 0 Å². The van der Waals surface area contributed by atoms with Gasteiger partial charge in [-0.05, 0) is 19.3 Å². The van der Waals surface area contributed by atoms with Gasteiger partial charge in [-0.2, -0.15) is 5.10 Å². The SMILES string of the molecule is NC1CCn2nc(C3CCC3)nc2C1. The summed E-state index contributed by atoms with van der Waals surface area (Å²) in [7, 11) is 0. The van der Waals surface area contributed by atoms with Crippen molar-refractivity contribution in [3.63, 3.8) is 0 Å². The smallest absolute Gasteiger partial charge is 0.154 e. The Hall–Kier alpha value is -0.900. The van der Waals surface area contributed by atoms with E-state index >= 15 is 0 Å². The molecule has 14 heavy (non-hydrogen) atoms. The summed E-state index contributed by atoms with van der Waals surface area (Å²) in [6.07, 6.45) is 5.83. The van der Waals surface area contributed by atoms with Crippen molar-refractivity contribution in [1.82, 2.24) is 14.8 Å². The van der Waals surface area contributed by atoms with E-state index in [4.69, 9.17) is 5.73 Å². The molecule has 1 saturated carbocycles. The predicted molar refractivity (Wildman–Crippen MR) is 52.9 cm³/mol. The number of nitrogens with two attached hydrogens (primary N) is 1. The Morgan fingerprint density at radius 2 is 2.14 bits per heavy atom. The van der Waals surface area contributed by atoms with Gasteiger partial charge in [-0.25, -0.2) is 9.67 Å². The Kier molecular flexibility index (Phi) is 1.83. The lowest BCUT2D eigenvalue weighted by Gasteiger charge is -2.21. The maximum atomic E-state index is 5.90. The number of hydrogen-bond acceptors (Lipinski definition) is 3. The van der Waals surface area contributed by atoms with E-state index in [2.05, 4.69) is 14.8 Å². The minimum absolute atomic E-state index is 0.293. The molecule has 1 atom stereocenters. The molecule has 3 rings (SSSR count). The van der Waals surface area contributed by atoms with Crippen molar-refractivity contribution in [3.05, 3.63) is 11.6 Å². The first-order valence-corrected chi connectivity index (χ1v) is 5.52. The van der Waals surface area contributed by atoms with Crippen molar-refractivity contribution < 1.29 is 0 Å². The van der Waals surface area contributed by atoms with Gasteiger partial charge in [-0.15, -0.1) is 0 Å². The Balaban J connectivity index is 1.87. The molecule has 76 valence electrons. The molecule has 0 spiro atoms. The topological polar surface area (TPSA) is 56.7 Å². The van der Waals surface area contributed by atoms with Gasteiger partial charge in [0.1, 0.15) is 5.82 Å². The third-order valence-corrected chi connectivity index (χ3v) is 3.39. The van der Waals surface area contributed by atoms with Crippen molar-refractivity contribution in [2.75, 3.05) is 0 Å². The number of rotatable bonds is 1. The molecular weight excluding hydrogens is 176 g/mol. The molecule has 1 aromatic heterocycles. The molecule has 2 N–H and O–H groups in total. The number of hydrogen-bond donors (Lipinski definition) is 1. The van der Waals surface area contributed by atoms with Gasteiger partial charge in [0.15, 0.2) is 5.82 Å². The van der Waals surface area contributed by atoms with Crippen LogP contribution < -0.4 is 5.73 Å². The quantitative estimate of drug-likeness (QED) is 0.716. The second-order valence-corrected chi connectivity index (χ2v) is 4.49. The lowest BCUT2D eigenvalue weighted by Crippen LogP contribution is -2.31. The maximum absolute atomic E-state index is 5.90. The van der Waals surface area contributed by atoms with Gasteiger partial charge in [0.05, 0.1) is 0 Å². The van der Waals surface area contributed by atoms with Gasteiger partial charge in [0.2, 0.25) is 0 Å². The summed E-state index contributed by atoms with van der Waals surface area (Å²) in [5.74, 6) is 2.82. The van der Waals surface area contributed by atoms with E-state index in [1.165, 1.54) is 19.3 Å². The number of fused-ring (bicyclic) bond motifs is 1. The lowest BCUT2D eigenvalue weighted by atomic mass is 9.85. The largest absolute Gasteiger partial charge is 0.327 e. The number of nitrogens with zero attached hydrogens (tertiary/aromatic N) is 3. The molecule has 1 fully saturated rings. The zero-order chi connectivity index (χ0) is 9.54. The van der Waals surface area contributed by atoms with E-state index in [9.17, 15) is 0 Å². The summed E-state index contributed by atoms with van der Waals surface area (Å²) in [4.78, 5) is 4.60. The highest BCUT2D eigenvalue weighted by Gasteiger charge is 2.26. The Labute approximate surface area is 83.5 Å². The Morgan fingerprint density at radius 1 is 1.29 bits per heavy atom. The Bertz CT molecular complexity index is 340. The zero-order valence-corrected chi connectivity index (χ0v) is 8.32. The van der Waals surface area contributed by atoms with Gasteiger partial charge in [0, 0.05) is 24.9 Å². The highest BCUT2D eigenvalue weighted by Crippen LogP contribution is 2.34. The fourth-order valence-electron chi connectivity index (χ4n) is 2.19. The molecule has 4 heteroatoms. The van der Waals surface area contributed by atoms with Gasteiger partial charge in [-0.1, -0.05) is 6.42 Å². The van der Waals surface area contributed by atoms with Crippen molar-refractivity contribution in [2.24, 2.45) is 5.73 Å². The first-order valence-electron chi connectivity index (χ1n) is 5.52. The average molecular weight is 192 g/mol. The standard InChI is InChI=1S/C10H16N4/c11-8-4-5-14-9(6-8)12-10(13-14)7-2-1-3-7/h7-8H,1-6,11H2.